The molecule has 3 heterocycles. The second-order valence-corrected chi connectivity index (χ2v) is 8.04. The SMILES string of the molecule is O=C(c1ccc(Cl)cc1)C1CCN(C(=O)c2ccc(C3CCNC3)nc2)CC1. The van der Waals surface area contributed by atoms with Gasteiger partial charge in [-0.1, -0.05) is 11.6 Å². The largest absolute Gasteiger partial charge is 0.339 e. The van der Waals surface area contributed by atoms with Gasteiger partial charge in [-0.15, -0.1) is 0 Å². The average Bonchev–Trinajstić information content (AvgIpc) is 3.28. The first-order chi connectivity index (χ1) is 13.6. The van der Waals surface area contributed by atoms with Crippen LogP contribution in [0, 0.1) is 5.92 Å². The fourth-order valence-electron chi connectivity index (χ4n) is 4.06. The van der Waals surface area contributed by atoms with Crippen LogP contribution in [0.3, 0.4) is 0 Å². The van der Waals surface area contributed by atoms with Gasteiger partial charge in [-0.25, -0.2) is 0 Å². The number of hydrogen-bond donors (Lipinski definition) is 1. The molecule has 28 heavy (non-hydrogen) atoms. The number of nitrogens with one attached hydrogen (secondary N) is 1. The van der Waals surface area contributed by atoms with Crippen molar-refractivity contribution < 1.29 is 9.59 Å². The molecule has 0 bridgehead atoms. The van der Waals surface area contributed by atoms with E-state index in [0.29, 0.717) is 48.0 Å². The van der Waals surface area contributed by atoms with E-state index in [9.17, 15) is 9.59 Å². The number of ketones is 1. The predicted molar refractivity (Wildman–Crippen MR) is 109 cm³/mol. The summed E-state index contributed by atoms with van der Waals surface area (Å²) < 4.78 is 0. The van der Waals surface area contributed by atoms with Crippen LogP contribution in [0.5, 0.6) is 0 Å². The lowest BCUT2D eigenvalue weighted by Gasteiger charge is -2.31. The molecule has 0 spiro atoms. The van der Waals surface area contributed by atoms with Gasteiger partial charge in [0.2, 0.25) is 0 Å². The van der Waals surface area contributed by atoms with Crippen LogP contribution in [-0.2, 0) is 0 Å². The van der Waals surface area contributed by atoms with Crippen LogP contribution >= 0.6 is 11.6 Å². The fraction of sp³-hybridized carbons (Fsp3) is 0.409. The Bertz CT molecular complexity index is 837. The number of carbonyl (C=O) groups excluding carboxylic acids is 2. The molecule has 0 saturated carbocycles. The summed E-state index contributed by atoms with van der Waals surface area (Å²) in [5.41, 5.74) is 2.36. The summed E-state index contributed by atoms with van der Waals surface area (Å²) in [4.78, 5) is 31.8. The van der Waals surface area contributed by atoms with Gasteiger partial charge < -0.3 is 10.2 Å². The molecule has 4 rings (SSSR count). The van der Waals surface area contributed by atoms with E-state index in [1.165, 1.54) is 0 Å². The Morgan fingerprint density at radius 2 is 1.71 bits per heavy atom. The molecule has 1 aromatic carbocycles. The van der Waals surface area contributed by atoms with Crippen molar-refractivity contribution in [2.24, 2.45) is 5.92 Å². The van der Waals surface area contributed by atoms with Gasteiger partial charge in [0.1, 0.15) is 0 Å². The van der Waals surface area contributed by atoms with E-state index in [4.69, 9.17) is 11.6 Å². The summed E-state index contributed by atoms with van der Waals surface area (Å²) in [5, 5.41) is 3.96. The Balaban J connectivity index is 1.34. The summed E-state index contributed by atoms with van der Waals surface area (Å²) in [5.74, 6) is 0.542. The number of carbonyl (C=O) groups is 2. The number of pyridine rings is 1. The highest BCUT2D eigenvalue weighted by Crippen LogP contribution is 2.25. The molecular formula is C22H24ClN3O2. The summed E-state index contributed by atoms with van der Waals surface area (Å²) in [7, 11) is 0. The van der Waals surface area contributed by atoms with Crippen molar-refractivity contribution in [2.45, 2.75) is 25.2 Å². The van der Waals surface area contributed by atoms with E-state index in [2.05, 4.69) is 10.3 Å². The first-order valence-corrected chi connectivity index (χ1v) is 10.3. The number of Topliss-reactive ketones (excluding diaryl/α,β-unsaturated/α-hetero) is 1. The van der Waals surface area contributed by atoms with Crippen molar-refractivity contribution in [2.75, 3.05) is 26.2 Å². The number of benzene rings is 1. The highest BCUT2D eigenvalue weighted by atomic mass is 35.5. The zero-order chi connectivity index (χ0) is 19.5. The summed E-state index contributed by atoms with van der Waals surface area (Å²) in [6.45, 7) is 3.17. The number of halogens is 1. The van der Waals surface area contributed by atoms with E-state index in [-0.39, 0.29) is 17.6 Å². The van der Waals surface area contributed by atoms with Crippen LogP contribution in [-0.4, -0.2) is 47.8 Å². The van der Waals surface area contributed by atoms with Gasteiger partial charge in [-0.05, 0) is 62.2 Å². The van der Waals surface area contributed by atoms with Crippen molar-refractivity contribution in [1.29, 1.82) is 0 Å². The van der Waals surface area contributed by atoms with Crippen LogP contribution in [0.1, 0.15) is 51.6 Å². The molecule has 1 unspecified atom stereocenters. The molecule has 2 saturated heterocycles. The Labute approximate surface area is 170 Å². The molecule has 2 aliphatic rings. The van der Waals surface area contributed by atoms with Crippen molar-refractivity contribution in [1.82, 2.24) is 15.2 Å². The molecule has 1 N–H and O–H groups in total. The normalized spacial score (nSPS) is 20.3. The predicted octanol–water partition coefficient (Wildman–Crippen LogP) is 3.55. The van der Waals surface area contributed by atoms with Gasteiger partial charge >= 0.3 is 0 Å². The first kappa shape index (κ1) is 19.1. The van der Waals surface area contributed by atoms with Crippen molar-refractivity contribution in [3.05, 3.63) is 64.4 Å². The zero-order valence-electron chi connectivity index (χ0n) is 15.7. The zero-order valence-corrected chi connectivity index (χ0v) is 16.5. The maximum atomic E-state index is 12.8. The Morgan fingerprint density at radius 3 is 2.32 bits per heavy atom. The van der Waals surface area contributed by atoms with Crippen LogP contribution in [0.4, 0.5) is 0 Å². The van der Waals surface area contributed by atoms with Crippen molar-refractivity contribution in [3.63, 3.8) is 0 Å². The molecule has 1 amide bonds. The third kappa shape index (κ3) is 4.10. The summed E-state index contributed by atoms with van der Waals surface area (Å²) in [6, 6.07) is 10.9. The molecule has 0 radical (unpaired) electrons. The lowest BCUT2D eigenvalue weighted by Crippen LogP contribution is -2.40. The van der Waals surface area contributed by atoms with E-state index >= 15 is 0 Å². The standard InChI is InChI=1S/C22H24ClN3O2/c23-19-4-1-15(2-5-19)21(27)16-8-11-26(12-9-16)22(28)18-3-6-20(25-14-18)17-7-10-24-13-17/h1-6,14,16-17,24H,7-13H2. The van der Waals surface area contributed by atoms with Crippen LogP contribution in [0.2, 0.25) is 5.02 Å². The molecule has 146 valence electrons. The fourth-order valence-corrected chi connectivity index (χ4v) is 4.18. The van der Waals surface area contributed by atoms with Gasteiger partial charge in [0.05, 0.1) is 5.56 Å². The summed E-state index contributed by atoms with van der Waals surface area (Å²) >= 11 is 5.90. The van der Waals surface area contributed by atoms with Crippen LogP contribution in [0.25, 0.3) is 0 Å². The summed E-state index contributed by atoms with van der Waals surface area (Å²) in [6.07, 6.45) is 4.16. The monoisotopic (exact) mass is 397 g/mol. The number of aromatic nitrogens is 1. The van der Waals surface area contributed by atoms with E-state index in [1.54, 1.807) is 30.5 Å². The quantitative estimate of drug-likeness (QED) is 0.801. The number of piperidine rings is 1. The maximum absolute atomic E-state index is 12.8. The molecule has 2 aliphatic heterocycles. The lowest BCUT2D eigenvalue weighted by atomic mass is 9.88. The topological polar surface area (TPSA) is 62.3 Å². The second kappa shape index (κ2) is 8.41. The minimum absolute atomic E-state index is 0.000916. The van der Waals surface area contributed by atoms with E-state index in [1.807, 2.05) is 17.0 Å². The van der Waals surface area contributed by atoms with Gasteiger partial charge in [-0.2, -0.15) is 0 Å². The Morgan fingerprint density at radius 1 is 1.00 bits per heavy atom. The van der Waals surface area contributed by atoms with Crippen molar-refractivity contribution in [3.8, 4) is 0 Å². The number of rotatable bonds is 4. The molecular weight excluding hydrogens is 374 g/mol. The number of nitrogens with zero attached hydrogens (tertiary/aromatic N) is 2. The molecule has 1 atom stereocenters. The minimum atomic E-state index is -0.0411. The van der Waals surface area contributed by atoms with Gasteiger partial charge in [0, 0.05) is 53.9 Å². The average molecular weight is 398 g/mol. The second-order valence-electron chi connectivity index (χ2n) is 7.60. The molecule has 0 aliphatic carbocycles. The lowest BCUT2D eigenvalue weighted by molar-refractivity contribution is 0.0650. The molecule has 2 fully saturated rings. The minimum Gasteiger partial charge on any atom is -0.339 e. The number of amides is 1. The molecule has 2 aromatic rings. The maximum Gasteiger partial charge on any atom is 0.255 e. The Kier molecular flexibility index (Phi) is 5.74. The molecule has 6 heteroatoms. The molecule has 5 nitrogen and oxygen atoms in total. The number of likely N-dealkylation sites (tertiary alicyclic amines) is 1. The van der Waals surface area contributed by atoms with Gasteiger partial charge in [0.15, 0.2) is 5.78 Å². The third-order valence-corrected chi connectivity index (χ3v) is 6.05. The Hall–Kier alpha value is -2.24. The van der Waals surface area contributed by atoms with Gasteiger partial charge in [0.25, 0.3) is 5.91 Å². The highest BCUT2D eigenvalue weighted by molar-refractivity contribution is 6.30. The van der Waals surface area contributed by atoms with Crippen LogP contribution in [0.15, 0.2) is 42.6 Å². The van der Waals surface area contributed by atoms with Crippen LogP contribution < -0.4 is 5.32 Å². The van der Waals surface area contributed by atoms with Crippen molar-refractivity contribution >= 4 is 23.3 Å². The smallest absolute Gasteiger partial charge is 0.255 e. The first-order valence-electron chi connectivity index (χ1n) is 9.87. The highest BCUT2D eigenvalue weighted by Gasteiger charge is 2.28. The number of hydrogen-bond acceptors (Lipinski definition) is 4. The molecule has 1 aromatic heterocycles. The third-order valence-electron chi connectivity index (χ3n) is 5.79. The van der Waals surface area contributed by atoms with E-state index < -0.39 is 0 Å². The van der Waals surface area contributed by atoms with Gasteiger partial charge in [-0.3, -0.25) is 14.6 Å². The van der Waals surface area contributed by atoms with E-state index in [0.717, 1.165) is 25.2 Å².